The van der Waals surface area contributed by atoms with Crippen molar-refractivity contribution in [1.82, 2.24) is 10.5 Å². The Bertz CT molecular complexity index is 741. The highest BCUT2D eigenvalue weighted by molar-refractivity contribution is 6.39. The number of nitrogens with one attached hydrogen (secondary N) is 2. The van der Waals surface area contributed by atoms with E-state index in [9.17, 15) is 9.59 Å². The summed E-state index contributed by atoms with van der Waals surface area (Å²) in [5.41, 5.74) is 0.770. The van der Waals surface area contributed by atoms with E-state index in [1.807, 2.05) is 0 Å². The van der Waals surface area contributed by atoms with Crippen LogP contribution in [0, 0.1) is 6.92 Å². The fourth-order valence-corrected chi connectivity index (χ4v) is 2.07. The number of carbonyl (C=O) groups excluding carboxylic acids is 2. The summed E-state index contributed by atoms with van der Waals surface area (Å²) in [4.78, 5) is 23.8. The van der Waals surface area contributed by atoms with Gasteiger partial charge in [0.2, 0.25) is 0 Å². The molecule has 0 spiro atoms. The van der Waals surface area contributed by atoms with Gasteiger partial charge in [-0.15, -0.1) is 0 Å². The first kappa shape index (κ1) is 17.3. The minimum atomic E-state index is -0.823. The molecule has 0 radical (unpaired) electrons. The second kappa shape index (κ2) is 7.49. The van der Waals surface area contributed by atoms with Crippen LogP contribution >= 0.6 is 0 Å². The van der Waals surface area contributed by atoms with E-state index in [1.54, 1.807) is 39.2 Å². The number of ether oxygens (including phenoxy) is 2. The van der Waals surface area contributed by atoms with Crippen LogP contribution in [0.4, 0.5) is 5.82 Å². The summed E-state index contributed by atoms with van der Waals surface area (Å²) in [5, 5.41) is 8.57. The number of hydrogen-bond acceptors (Lipinski definition) is 6. The summed E-state index contributed by atoms with van der Waals surface area (Å²) in [6.07, 6.45) is 0. The van der Waals surface area contributed by atoms with Crippen molar-refractivity contribution in [1.29, 1.82) is 0 Å². The van der Waals surface area contributed by atoms with Crippen molar-refractivity contribution >= 4 is 17.6 Å². The van der Waals surface area contributed by atoms with Gasteiger partial charge in [0.1, 0.15) is 5.76 Å². The molecular formula is C16H19N3O5. The van der Waals surface area contributed by atoms with Gasteiger partial charge in [0.05, 0.1) is 20.3 Å². The van der Waals surface area contributed by atoms with Crippen molar-refractivity contribution in [3.63, 3.8) is 0 Å². The average molecular weight is 333 g/mol. The van der Waals surface area contributed by atoms with Crippen LogP contribution < -0.4 is 20.1 Å². The molecule has 1 heterocycles. The highest BCUT2D eigenvalue weighted by Gasteiger charge is 2.19. The van der Waals surface area contributed by atoms with E-state index >= 15 is 0 Å². The zero-order valence-electron chi connectivity index (χ0n) is 13.9. The van der Waals surface area contributed by atoms with Crippen LogP contribution in [0.5, 0.6) is 11.5 Å². The van der Waals surface area contributed by atoms with E-state index in [1.165, 1.54) is 13.2 Å². The van der Waals surface area contributed by atoms with Gasteiger partial charge >= 0.3 is 11.8 Å². The molecule has 2 aromatic rings. The normalized spacial score (nSPS) is 11.5. The molecule has 0 fully saturated rings. The van der Waals surface area contributed by atoms with Crippen LogP contribution in [0.1, 0.15) is 24.3 Å². The molecule has 1 aromatic heterocycles. The van der Waals surface area contributed by atoms with Gasteiger partial charge in [-0.2, -0.15) is 0 Å². The minimum absolute atomic E-state index is 0.186. The highest BCUT2D eigenvalue weighted by Crippen LogP contribution is 2.29. The van der Waals surface area contributed by atoms with Crippen molar-refractivity contribution < 1.29 is 23.6 Å². The molecule has 24 heavy (non-hydrogen) atoms. The highest BCUT2D eigenvalue weighted by atomic mass is 16.5. The topological polar surface area (TPSA) is 103 Å². The largest absolute Gasteiger partial charge is 0.493 e. The van der Waals surface area contributed by atoms with E-state index in [0.717, 1.165) is 5.56 Å². The molecule has 2 rings (SSSR count). The Morgan fingerprint density at radius 2 is 1.83 bits per heavy atom. The Balaban J connectivity index is 2.01. The molecule has 0 bridgehead atoms. The SMILES string of the molecule is COc1ccc(C(C)NC(=O)C(=O)Nc2cc(C)on2)cc1OC. The lowest BCUT2D eigenvalue weighted by molar-refractivity contribution is -0.136. The first-order valence-corrected chi connectivity index (χ1v) is 7.21. The third kappa shape index (κ3) is 4.03. The number of amides is 2. The molecule has 0 saturated heterocycles. The third-order valence-corrected chi connectivity index (χ3v) is 3.33. The number of hydrogen-bond donors (Lipinski definition) is 2. The van der Waals surface area contributed by atoms with Crippen LogP contribution in [0.25, 0.3) is 0 Å². The van der Waals surface area contributed by atoms with Crippen LogP contribution in [0.3, 0.4) is 0 Å². The first-order valence-electron chi connectivity index (χ1n) is 7.21. The number of benzene rings is 1. The molecule has 0 aliphatic heterocycles. The number of anilines is 1. The Morgan fingerprint density at radius 3 is 2.42 bits per heavy atom. The van der Waals surface area contributed by atoms with E-state index < -0.39 is 17.9 Å². The van der Waals surface area contributed by atoms with Crippen LogP contribution in [-0.4, -0.2) is 31.2 Å². The van der Waals surface area contributed by atoms with Crippen molar-refractivity contribution in [3.05, 3.63) is 35.6 Å². The first-order chi connectivity index (χ1) is 11.4. The molecule has 128 valence electrons. The second-order valence-corrected chi connectivity index (χ2v) is 5.09. The lowest BCUT2D eigenvalue weighted by atomic mass is 10.1. The molecule has 1 atom stereocenters. The predicted molar refractivity (Wildman–Crippen MR) is 86.0 cm³/mol. The quantitative estimate of drug-likeness (QED) is 0.809. The van der Waals surface area contributed by atoms with Gasteiger partial charge in [0, 0.05) is 6.07 Å². The maximum absolute atomic E-state index is 12.0. The molecule has 0 saturated carbocycles. The Hall–Kier alpha value is -3.03. The number of nitrogens with zero attached hydrogens (tertiary/aromatic N) is 1. The second-order valence-electron chi connectivity index (χ2n) is 5.09. The smallest absolute Gasteiger partial charge is 0.314 e. The molecule has 8 nitrogen and oxygen atoms in total. The van der Waals surface area contributed by atoms with Gasteiger partial charge in [0.15, 0.2) is 17.3 Å². The maximum Gasteiger partial charge on any atom is 0.314 e. The van der Waals surface area contributed by atoms with Crippen molar-refractivity contribution in [2.24, 2.45) is 0 Å². The van der Waals surface area contributed by atoms with Gasteiger partial charge < -0.3 is 19.3 Å². The van der Waals surface area contributed by atoms with Crippen molar-refractivity contribution in [2.75, 3.05) is 19.5 Å². The van der Waals surface area contributed by atoms with Gasteiger partial charge in [-0.05, 0) is 31.5 Å². The lowest BCUT2D eigenvalue weighted by Crippen LogP contribution is -2.37. The van der Waals surface area contributed by atoms with Gasteiger partial charge in [-0.25, -0.2) is 0 Å². The number of aromatic nitrogens is 1. The molecule has 2 amide bonds. The molecular weight excluding hydrogens is 314 g/mol. The third-order valence-electron chi connectivity index (χ3n) is 3.33. The summed E-state index contributed by atoms with van der Waals surface area (Å²) in [5.74, 6) is 0.238. The summed E-state index contributed by atoms with van der Waals surface area (Å²) < 4.78 is 15.2. The summed E-state index contributed by atoms with van der Waals surface area (Å²) in [7, 11) is 3.07. The molecule has 0 aliphatic rings. The zero-order chi connectivity index (χ0) is 17.7. The Morgan fingerprint density at radius 1 is 1.12 bits per heavy atom. The molecule has 2 N–H and O–H groups in total. The number of carbonyl (C=O) groups is 2. The number of methoxy groups -OCH3 is 2. The monoisotopic (exact) mass is 333 g/mol. The van der Waals surface area contributed by atoms with Crippen molar-refractivity contribution in [3.8, 4) is 11.5 Å². The van der Waals surface area contributed by atoms with Crippen LogP contribution in [0.2, 0.25) is 0 Å². The minimum Gasteiger partial charge on any atom is -0.493 e. The fourth-order valence-electron chi connectivity index (χ4n) is 2.07. The lowest BCUT2D eigenvalue weighted by Gasteiger charge is -2.16. The van der Waals surface area contributed by atoms with E-state index in [2.05, 4.69) is 15.8 Å². The number of aryl methyl sites for hydroxylation is 1. The molecule has 1 aromatic carbocycles. The maximum atomic E-state index is 12.0. The fraction of sp³-hybridized carbons (Fsp3) is 0.312. The Kier molecular flexibility index (Phi) is 5.41. The molecule has 0 aliphatic carbocycles. The van der Waals surface area contributed by atoms with Gasteiger partial charge in [-0.1, -0.05) is 11.2 Å². The van der Waals surface area contributed by atoms with Gasteiger partial charge in [-0.3, -0.25) is 14.9 Å². The predicted octanol–water partition coefficient (Wildman–Crippen LogP) is 1.82. The summed E-state index contributed by atoms with van der Waals surface area (Å²) in [6.45, 7) is 3.44. The summed E-state index contributed by atoms with van der Waals surface area (Å²) >= 11 is 0. The average Bonchev–Trinajstić information content (AvgIpc) is 2.98. The van der Waals surface area contributed by atoms with Crippen LogP contribution in [0.15, 0.2) is 28.8 Å². The number of rotatable bonds is 5. The summed E-state index contributed by atoms with van der Waals surface area (Å²) in [6, 6.07) is 6.37. The standard InChI is InChI=1S/C16H19N3O5/c1-9-7-14(19-24-9)18-16(21)15(20)17-10(2)11-5-6-12(22-3)13(8-11)23-4/h5-8,10H,1-4H3,(H,17,20)(H,18,19,21). The van der Waals surface area contributed by atoms with E-state index in [4.69, 9.17) is 14.0 Å². The van der Waals surface area contributed by atoms with Gasteiger partial charge in [0.25, 0.3) is 0 Å². The van der Waals surface area contributed by atoms with Crippen LogP contribution in [-0.2, 0) is 9.59 Å². The van der Waals surface area contributed by atoms with Crippen molar-refractivity contribution in [2.45, 2.75) is 19.9 Å². The molecule has 8 heteroatoms. The molecule has 1 unspecified atom stereocenters. The zero-order valence-corrected chi connectivity index (χ0v) is 13.9. The van der Waals surface area contributed by atoms with E-state index in [-0.39, 0.29) is 5.82 Å². The van der Waals surface area contributed by atoms with E-state index in [0.29, 0.717) is 17.3 Å². The Labute approximate surface area is 139 Å².